The number of hydrogen-bond donors (Lipinski definition) is 1. The minimum absolute atomic E-state index is 0.230. The Hall–Kier alpha value is -0.120. The molecule has 1 fully saturated rings. The van der Waals surface area contributed by atoms with Gasteiger partial charge in [-0.05, 0) is 6.92 Å². The number of aliphatic hydroxyl groups is 1. The van der Waals surface area contributed by atoms with Gasteiger partial charge in [0.25, 0.3) is 0 Å². The summed E-state index contributed by atoms with van der Waals surface area (Å²) in [5, 5.41) is 8.92. The summed E-state index contributed by atoms with van der Waals surface area (Å²) in [6.45, 7) is 4.99. The van der Waals surface area contributed by atoms with E-state index in [0.29, 0.717) is 6.73 Å². The standard InChI is InChI=1S/C6H13NO2/c1-6(8)4-7-2-3-9-5-7/h6,8H,2-5H2,1H3/t6-/m1/s1. The normalized spacial score (nSPS) is 24.7. The van der Waals surface area contributed by atoms with Crippen molar-refractivity contribution >= 4 is 0 Å². The van der Waals surface area contributed by atoms with Crippen molar-refractivity contribution in [3.63, 3.8) is 0 Å². The van der Waals surface area contributed by atoms with Gasteiger partial charge in [0.1, 0.15) is 0 Å². The van der Waals surface area contributed by atoms with Crippen LogP contribution in [0.25, 0.3) is 0 Å². The first-order valence-corrected chi connectivity index (χ1v) is 3.27. The third kappa shape index (κ3) is 2.30. The van der Waals surface area contributed by atoms with Crippen LogP contribution in [0.3, 0.4) is 0 Å². The lowest BCUT2D eigenvalue weighted by Crippen LogP contribution is -2.28. The number of aliphatic hydroxyl groups excluding tert-OH is 1. The van der Waals surface area contributed by atoms with Crippen LogP contribution in [-0.2, 0) is 4.74 Å². The summed E-state index contributed by atoms with van der Waals surface area (Å²) in [7, 11) is 0. The van der Waals surface area contributed by atoms with E-state index in [0.717, 1.165) is 19.7 Å². The Morgan fingerprint density at radius 3 is 3.00 bits per heavy atom. The molecule has 0 amide bonds. The van der Waals surface area contributed by atoms with Gasteiger partial charge in [-0.25, -0.2) is 0 Å². The monoisotopic (exact) mass is 131 g/mol. The van der Waals surface area contributed by atoms with Crippen molar-refractivity contribution in [1.82, 2.24) is 4.90 Å². The van der Waals surface area contributed by atoms with Gasteiger partial charge >= 0.3 is 0 Å². The van der Waals surface area contributed by atoms with E-state index >= 15 is 0 Å². The van der Waals surface area contributed by atoms with Crippen molar-refractivity contribution in [3.8, 4) is 0 Å². The molecule has 1 N–H and O–H groups in total. The highest BCUT2D eigenvalue weighted by molar-refractivity contribution is 4.61. The lowest BCUT2D eigenvalue weighted by atomic mass is 10.4. The molecule has 0 saturated carbocycles. The van der Waals surface area contributed by atoms with Gasteiger partial charge in [0.15, 0.2) is 0 Å². The third-order valence-electron chi connectivity index (χ3n) is 1.35. The molecule has 0 aromatic rings. The van der Waals surface area contributed by atoms with Gasteiger partial charge in [-0.15, -0.1) is 0 Å². The Bertz CT molecular complexity index is 79.1. The van der Waals surface area contributed by atoms with E-state index in [2.05, 4.69) is 4.90 Å². The predicted octanol–water partition coefficient (Wildman–Crippen LogP) is -0.343. The molecule has 1 aliphatic heterocycles. The van der Waals surface area contributed by atoms with Gasteiger partial charge in [0.2, 0.25) is 0 Å². The van der Waals surface area contributed by atoms with Gasteiger partial charge < -0.3 is 9.84 Å². The van der Waals surface area contributed by atoms with Crippen LogP contribution in [0.15, 0.2) is 0 Å². The minimum atomic E-state index is -0.230. The molecule has 0 radical (unpaired) electrons. The van der Waals surface area contributed by atoms with Crippen LogP contribution >= 0.6 is 0 Å². The van der Waals surface area contributed by atoms with E-state index in [1.54, 1.807) is 6.92 Å². The zero-order valence-corrected chi connectivity index (χ0v) is 5.71. The largest absolute Gasteiger partial charge is 0.392 e. The fraction of sp³-hybridized carbons (Fsp3) is 1.00. The van der Waals surface area contributed by atoms with Crippen LogP contribution in [0.1, 0.15) is 6.92 Å². The maximum absolute atomic E-state index is 8.92. The van der Waals surface area contributed by atoms with Gasteiger partial charge in [0.05, 0.1) is 19.4 Å². The molecule has 0 aromatic carbocycles. The predicted molar refractivity (Wildman–Crippen MR) is 34.1 cm³/mol. The molecule has 0 spiro atoms. The van der Waals surface area contributed by atoms with Gasteiger partial charge in [0, 0.05) is 13.1 Å². The van der Waals surface area contributed by atoms with Crippen molar-refractivity contribution in [1.29, 1.82) is 0 Å². The van der Waals surface area contributed by atoms with E-state index in [1.165, 1.54) is 0 Å². The average molecular weight is 131 g/mol. The zero-order valence-electron chi connectivity index (χ0n) is 5.71. The van der Waals surface area contributed by atoms with Crippen LogP contribution in [0, 0.1) is 0 Å². The Kier molecular flexibility index (Phi) is 2.45. The fourth-order valence-corrected chi connectivity index (χ4v) is 0.970. The first kappa shape index (κ1) is 6.99. The smallest absolute Gasteiger partial charge is 0.0992 e. The summed E-state index contributed by atoms with van der Waals surface area (Å²) in [6.07, 6.45) is -0.230. The van der Waals surface area contributed by atoms with Gasteiger partial charge in [-0.1, -0.05) is 0 Å². The van der Waals surface area contributed by atoms with Gasteiger partial charge in [-0.2, -0.15) is 0 Å². The van der Waals surface area contributed by atoms with E-state index in [4.69, 9.17) is 9.84 Å². The van der Waals surface area contributed by atoms with Crippen molar-refractivity contribution in [2.75, 3.05) is 26.4 Å². The number of nitrogens with zero attached hydrogens (tertiary/aromatic N) is 1. The summed E-state index contributed by atoms with van der Waals surface area (Å²) in [5.74, 6) is 0. The zero-order chi connectivity index (χ0) is 6.69. The number of β-amino-alcohol motifs (C(OH)–C–C–N with tert-alkyl or cyclic N) is 1. The van der Waals surface area contributed by atoms with Crippen LogP contribution in [0.5, 0.6) is 0 Å². The van der Waals surface area contributed by atoms with Crippen LogP contribution < -0.4 is 0 Å². The molecule has 1 atom stereocenters. The van der Waals surface area contributed by atoms with E-state index in [1.807, 2.05) is 0 Å². The second kappa shape index (κ2) is 3.15. The molecule has 1 aliphatic rings. The highest BCUT2D eigenvalue weighted by Gasteiger charge is 2.12. The van der Waals surface area contributed by atoms with Crippen molar-refractivity contribution < 1.29 is 9.84 Å². The highest BCUT2D eigenvalue weighted by Crippen LogP contribution is 1.98. The Balaban J connectivity index is 2.11. The van der Waals surface area contributed by atoms with Crippen LogP contribution in [-0.4, -0.2) is 42.5 Å². The highest BCUT2D eigenvalue weighted by atomic mass is 16.5. The summed E-state index contributed by atoms with van der Waals surface area (Å²) < 4.78 is 5.07. The first-order valence-electron chi connectivity index (χ1n) is 3.27. The van der Waals surface area contributed by atoms with E-state index in [9.17, 15) is 0 Å². The molecule has 3 nitrogen and oxygen atoms in total. The van der Waals surface area contributed by atoms with Crippen molar-refractivity contribution in [2.24, 2.45) is 0 Å². The number of ether oxygens (including phenoxy) is 1. The molecule has 3 heteroatoms. The molecule has 54 valence electrons. The molecule has 0 unspecified atom stereocenters. The lowest BCUT2D eigenvalue weighted by molar-refractivity contribution is 0.0956. The topological polar surface area (TPSA) is 32.7 Å². The van der Waals surface area contributed by atoms with Crippen molar-refractivity contribution in [2.45, 2.75) is 13.0 Å². The van der Waals surface area contributed by atoms with Crippen LogP contribution in [0.4, 0.5) is 0 Å². The molecule has 0 aliphatic carbocycles. The maximum atomic E-state index is 8.92. The van der Waals surface area contributed by atoms with Crippen molar-refractivity contribution in [3.05, 3.63) is 0 Å². The molecule has 1 heterocycles. The Labute approximate surface area is 55.2 Å². The summed E-state index contributed by atoms with van der Waals surface area (Å²) >= 11 is 0. The molecule has 0 aromatic heterocycles. The third-order valence-corrected chi connectivity index (χ3v) is 1.35. The molecule has 1 saturated heterocycles. The molecule has 1 rings (SSSR count). The summed E-state index contributed by atoms with van der Waals surface area (Å²) in [6, 6.07) is 0. The molecular weight excluding hydrogens is 118 g/mol. The van der Waals surface area contributed by atoms with E-state index < -0.39 is 0 Å². The number of hydrogen-bond acceptors (Lipinski definition) is 3. The molecular formula is C6H13NO2. The average Bonchev–Trinajstić information content (AvgIpc) is 2.15. The fourth-order valence-electron chi connectivity index (χ4n) is 0.970. The summed E-state index contributed by atoms with van der Waals surface area (Å²) in [4.78, 5) is 2.09. The lowest BCUT2D eigenvalue weighted by Gasteiger charge is -2.13. The van der Waals surface area contributed by atoms with E-state index in [-0.39, 0.29) is 6.10 Å². The quantitative estimate of drug-likeness (QED) is 0.556. The summed E-state index contributed by atoms with van der Waals surface area (Å²) in [5.41, 5.74) is 0. The Morgan fingerprint density at radius 1 is 1.78 bits per heavy atom. The second-order valence-electron chi connectivity index (χ2n) is 2.46. The molecule has 0 bridgehead atoms. The SMILES string of the molecule is C[C@@H](O)CN1CCOC1. The van der Waals surface area contributed by atoms with Gasteiger partial charge in [-0.3, -0.25) is 4.90 Å². The number of rotatable bonds is 2. The Morgan fingerprint density at radius 2 is 2.56 bits per heavy atom. The maximum Gasteiger partial charge on any atom is 0.0992 e. The minimum Gasteiger partial charge on any atom is -0.392 e. The second-order valence-corrected chi connectivity index (χ2v) is 2.46. The first-order chi connectivity index (χ1) is 4.29. The molecule has 9 heavy (non-hydrogen) atoms. The van der Waals surface area contributed by atoms with Crippen LogP contribution in [0.2, 0.25) is 0 Å².